The molecule has 3 rings (SSSR count). The third-order valence-electron chi connectivity index (χ3n) is 4.21. The molecule has 122 valence electrons. The molecule has 0 spiro atoms. The number of rotatable bonds is 5. The Morgan fingerprint density at radius 3 is 3.17 bits per heavy atom. The maximum Gasteiger partial charge on any atom is 0.221 e. The van der Waals surface area contributed by atoms with Crippen molar-refractivity contribution in [2.24, 2.45) is 11.7 Å². The van der Waals surface area contributed by atoms with E-state index in [9.17, 15) is 4.79 Å². The number of nitrogens with two attached hydrogens (primary N) is 1. The van der Waals surface area contributed by atoms with E-state index < -0.39 is 0 Å². The van der Waals surface area contributed by atoms with E-state index in [1.165, 1.54) is 0 Å². The second kappa shape index (κ2) is 6.87. The predicted octanol–water partition coefficient (Wildman–Crippen LogP) is 0.942. The van der Waals surface area contributed by atoms with E-state index in [1.54, 1.807) is 6.20 Å². The van der Waals surface area contributed by atoms with Crippen molar-refractivity contribution < 1.29 is 4.79 Å². The third kappa shape index (κ3) is 3.73. The van der Waals surface area contributed by atoms with Crippen LogP contribution in [-0.2, 0) is 4.79 Å². The normalized spacial score (nSPS) is 18.9. The molecule has 0 aromatic carbocycles. The van der Waals surface area contributed by atoms with Crippen molar-refractivity contribution in [2.75, 3.05) is 31.5 Å². The van der Waals surface area contributed by atoms with Gasteiger partial charge in [-0.1, -0.05) is 0 Å². The fourth-order valence-electron chi connectivity index (χ4n) is 3.03. The SMILES string of the molecule is Cc1nc(NCCN2CCC[C@H](C(N)=O)C2)c2cccnc2n1. The van der Waals surface area contributed by atoms with Crippen LogP contribution in [0, 0.1) is 12.8 Å². The lowest BCUT2D eigenvalue weighted by Crippen LogP contribution is -2.42. The highest BCUT2D eigenvalue weighted by Gasteiger charge is 2.23. The molecule has 1 fully saturated rings. The number of pyridine rings is 1. The number of aryl methyl sites for hydroxylation is 1. The Balaban J connectivity index is 1.62. The van der Waals surface area contributed by atoms with Crippen molar-refractivity contribution >= 4 is 22.8 Å². The molecular formula is C16H22N6O. The summed E-state index contributed by atoms with van der Waals surface area (Å²) >= 11 is 0. The molecule has 0 saturated carbocycles. The zero-order valence-electron chi connectivity index (χ0n) is 13.3. The molecule has 0 bridgehead atoms. The van der Waals surface area contributed by atoms with Gasteiger partial charge < -0.3 is 16.0 Å². The number of carbonyl (C=O) groups is 1. The van der Waals surface area contributed by atoms with Crippen molar-refractivity contribution in [3.8, 4) is 0 Å². The lowest BCUT2D eigenvalue weighted by atomic mass is 9.97. The maximum atomic E-state index is 11.3. The van der Waals surface area contributed by atoms with Crippen LogP contribution in [-0.4, -0.2) is 51.9 Å². The summed E-state index contributed by atoms with van der Waals surface area (Å²) in [5, 5.41) is 4.29. The molecule has 3 N–H and O–H groups in total. The van der Waals surface area contributed by atoms with Crippen LogP contribution in [0.1, 0.15) is 18.7 Å². The fraction of sp³-hybridized carbons (Fsp3) is 0.500. The van der Waals surface area contributed by atoms with Gasteiger partial charge in [0.05, 0.1) is 11.3 Å². The van der Waals surface area contributed by atoms with E-state index in [-0.39, 0.29) is 11.8 Å². The van der Waals surface area contributed by atoms with Crippen molar-refractivity contribution in [1.29, 1.82) is 0 Å². The van der Waals surface area contributed by atoms with Crippen LogP contribution >= 0.6 is 0 Å². The van der Waals surface area contributed by atoms with E-state index in [1.807, 2.05) is 19.1 Å². The number of primary amides is 1. The van der Waals surface area contributed by atoms with Crippen LogP contribution in [0.5, 0.6) is 0 Å². The number of likely N-dealkylation sites (tertiary alicyclic amines) is 1. The number of anilines is 1. The largest absolute Gasteiger partial charge is 0.369 e. The molecular weight excluding hydrogens is 292 g/mol. The predicted molar refractivity (Wildman–Crippen MR) is 88.9 cm³/mol. The summed E-state index contributed by atoms with van der Waals surface area (Å²) in [6.07, 6.45) is 3.66. The minimum absolute atomic E-state index is 0.0184. The molecule has 7 heteroatoms. The van der Waals surface area contributed by atoms with Crippen molar-refractivity contribution in [3.63, 3.8) is 0 Å². The van der Waals surface area contributed by atoms with E-state index in [2.05, 4.69) is 25.2 Å². The van der Waals surface area contributed by atoms with E-state index >= 15 is 0 Å². The first-order valence-corrected chi connectivity index (χ1v) is 7.98. The number of amides is 1. The van der Waals surface area contributed by atoms with Gasteiger partial charge in [-0.15, -0.1) is 0 Å². The Morgan fingerprint density at radius 2 is 2.35 bits per heavy atom. The third-order valence-corrected chi connectivity index (χ3v) is 4.21. The fourth-order valence-corrected chi connectivity index (χ4v) is 3.03. The first-order chi connectivity index (χ1) is 11.1. The second-order valence-electron chi connectivity index (χ2n) is 5.96. The molecule has 7 nitrogen and oxygen atoms in total. The zero-order valence-corrected chi connectivity index (χ0v) is 13.3. The van der Waals surface area contributed by atoms with Crippen LogP contribution in [0.4, 0.5) is 5.82 Å². The molecule has 23 heavy (non-hydrogen) atoms. The highest BCUT2D eigenvalue weighted by atomic mass is 16.1. The van der Waals surface area contributed by atoms with Crippen molar-refractivity contribution in [2.45, 2.75) is 19.8 Å². The number of hydrogen-bond donors (Lipinski definition) is 2. The van der Waals surface area contributed by atoms with E-state index in [0.717, 1.165) is 50.2 Å². The molecule has 1 saturated heterocycles. The van der Waals surface area contributed by atoms with Crippen LogP contribution < -0.4 is 11.1 Å². The molecule has 2 aromatic heterocycles. The number of piperidine rings is 1. The molecule has 0 radical (unpaired) electrons. The summed E-state index contributed by atoms with van der Waals surface area (Å²) in [5.41, 5.74) is 6.13. The van der Waals surface area contributed by atoms with Crippen LogP contribution in [0.25, 0.3) is 11.0 Å². The first-order valence-electron chi connectivity index (χ1n) is 7.98. The molecule has 1 amide bonds. The van der Waals surface area contributed by atoms with E-state index in [0.29, 0.717) is 11.5 Å². The Kier molecular flexibility index (Phi) is 4.66. The molecule has 1 aliphatic heterocycles. The smallest absolute Gasteiger partial charge is 0.221 e. The summed E-state index contributed by atoms with van der Waals surface area (Å²) in [6.45, 7) is 5.24. The summed E-state index contributed by atoms with van der Waals surface area (Å²) < 4.78 is 0. The van der Waals surface area contributed by atoms with Gasteiger partial charge in [0.25, 0.3) is 0 Å². The number of nitrogens with one attached hydrogen (secondary N) is 1. The van der Waals surface area contributed by atoms with Gasteiger partial charge in [-0.05, 0) is 38.4 Å². The first kappa shape index (κ1) is 15.6. The standard InChI is InChI=1S/C16H22N6O/c1-11-20-15-13(5-2-6-18-15)16(21-11)19-7-9-22-8-3-4-12(10-22)14(17)23/h2,5-6,12H,3-4,7-10H2,1H3,(H2,17,23)(H,18,19,20,21)/t12-/m0/s1. The average molecular weight is 314 g/mol. The average Bonchev–Trinajstić information content (AvgIpc) is 2.55. The molecule has 2 aromatic rings. The summed E-state index contributed by atoms with van der Waals surface area (Å²) in [4.78, 5) is 26.7. The second-order valence-corrected chi connectivity index (χ2v) is 5.96. The van der Waals surface area contributed by atoms with Gasteiger partial charge in [0.1, 0.15) is 11.6 Å². The zero-order chi connectivity index (χ0) is 16.2. The van der Waals surface area contributed by atoms with Gasteiger partial charge in [-0.25, -0.2) is 15.0 Å². The number of fused-ring (bicyclic) bond motifs is 1. The number of nitrogens with zero attached hydrogens (tertiary/aromatic N) is 4. The number of carbonyl (C=O) groups excluding carboxylic acids is 1. The van der Waals surface area contributed by atoms with Gasteiger partial charge in [0.2, 0.25) is 5.91 Å². The van der Waals surface area contributed by atoms with Crippen molar-refractivity contribution in [3.05, 3.63) is 24.2 Å². The minimum Gasteiger partial charge on any atom is -0.369 e. The van der Waals surface area contributed by atoms with Gasteiger partial charge in [0, 0.05) is 25.8 Å². The molecule has 1 atom stereocenters. The van der Waals surface area contributed by atoms with Crippen LogP contribution in [0.2, 0.25) is 0 Å². The highest BCUT2D eigenvalue weighted by Crippen LogP contribution is 2.18. The van der Waals surface area contributed by atoms with E-state index in [4.69, 9.17) is 5.73 Å². The number of aromatic nitrogens is 3. The molecule has 1 aliphatic rings. The van der Waals surface area contributed by atoms with Gasteiger partial charge in [0.15, 0.2) is 5.65 Å². The quantitative estimate of drug-likeness (QED) is 0.852. The van der Waals surface area contributed by atoms with Crippen molar-refractivity contribution in [1.82, 2.24) is 19.9 Å². The van der Waals surface area contributed by atoms with Gasteiger partial charge in [-0.2, -0.15) is 0 Å². The Hall–Kier alpha value is -2.28. The van der Waals surface area contributed by atoms with Crippen LogP contribution in [0.15, 0.2) is 18.3 Å². The van der Waals surface area contributed by atoms with Crippen LogP contribution in [0.3, 0.4) is 0 Å². The Labute approximate surface area is 135 Å². The van der Waals surface area contributed by atoms with Gasteiger partial charge in [-0.3, -0.25) is 4.79 Å². The summed E-state index contributed by atoms with van der Waals surface area (Å²) in [5.74, 6) is 1.30. The Bertz CT molecular complexity index is 704. The lowest BCUT2D eigenvalue weighted by Gasteiger charge is -2.31. The highest BCUT2D eigenvalue weighted by molar-refractivity contribution is 5.86. The molecule has 3 heterocycles. The summed E-state index contributed by atoms with van der Waals surface area (Å²) in [7, 11) is 0. The maximum absolute atomic E-state index is 11.3. The molecule has 0 aliphatic carbocycles. The topological polar surface area (TPSA) is 97.0 Å². The Morgan fingerprint density at radius 1 is 1.48 bits per heavy atom. The van der Waals surface area contributed by atoms with Gasteiger partial charge >= 0.3 is 0 Å². The molecule has 0 unspecified atom stereocenters. The monoisotopic (exact) mass is 314 g/mol. The lowest BCUT2D eigenvalue weighted by molar-refractivity contribution is -0.123. The minimum atomic E-state index is -0.189. The summed E-state index contributed by atoms with van der Waals surface area (Å²) in [6, 6.07) is 3.85. The number of hydrogen-bond acceptors (Lipinski definition) is 6.